The van der Waals surface area contributed by atoms with Crippen molar-refractivity contribution >= 4 is 21.8 Å². The fourth-order valence-electron chi connectivity index (χ4n) is 7.47. The van der Waals surface area contributed by atoms with Gasteiger partial charge >= 0.3 is 0 Å². The molecule has 1 heterocycles. The average molecular weight is 658 g/mol. The van der Waals surface area contributed by atoms with Gasteiger partial charge in [-0.1, -0.05) is 38.0 Å². The number of carbonyl (C=O) groups is 2. The summed E-state index contributed by atoms with van der Waals surface area (Å²) in [5, 5.41) is 6.25. The molecule has 46 heavy (non-hydrogen) atoms. The van der Waals surface area contributed by atoms with Gasteiger partial charge in [-0.3, -0.25) is 14.3 Å². The summed E-state index contributed by atoms with van der Waals surface area (Å²) in [5.41, 5.74) is 0.116. The van der Waals surface area contributed by atoms with Crippen LogP contribution >= 0.6 is 0 Å². The lowest BCUT2D eigenvalue weighted by molar-refractivity contribution is -0.132. The number of benzene rings is 2. The van der Waals surface area contributed by atoms with Gasteiger partial charge in [-0.05, 0) is 93.7 Å². The Morgan fingerprint density at radius 1 is 1.09 bits per heavy atom. The lowest BCUT2D eigenvalue weighted by Gasteiger charge is -2.25. The van der Waals surface area contributed by atoms with Crippen LogP contribution in [0.15, 0.2) is 36.4 Å². The van der Waals surface area contributed by atoms with E-state index in [1.54, 1.807) is 38.1 Å². The predicted octanol–water partition coefficient (Wildman–Crippen LogP) is 5.59. The summed E-state index contributed by atoms with van der Waals surface area (Å²) >= 11 is 0. The van der Waals surface area contributed by atoms with Crippen molar-refractivity contribution in [2.24, 2.45) is 0 Å². The molecule has 0 radical (unpaired) electrons. The highest BCUT2D eigenvalue weighted by Gasteiger charge is 2.54. The number of amides is 2. The Kier molecular flexibility index (Phi) is 8.72. The summed E-state index contributed by atoms with van der Waals surface area (Å²) in [6, 6.07) is 9.85. The molecule has 3 saturated carbocycles. The molecule has 0 bridgehead atoms. The van der Waals surface area contributed by atoms with Gasteiger partial charge in [0, 0.05) is 36.5 Å². The molecule has 2 aromatic rings. The van der Waals surface area contributed by atoms with Crippen molar-refractivity contribution in [3.8, 4) is 16.9 Å². The third-order valence-electron chi connectivity index (χ3n) is 10.8. The maximum atomic E-state index is 15.8. The lowest BCUT2D eigenvalue weighted by atomic mass is 9.89. The summed E-state index contributed by atoms with van der Waals surface area (Å²) in [5.74, 6) is -1.83. The van der Waals surface area contributed by atoms with E-state index in [1.165, 1.54) is 6.07 Å². The van der Waals surface area contributed by atoms with Gasteiger partial charge in [0.25, 0.3) is 5.91 Å². The molecule has 1 spiro atoms. The van der Waals surface area contributed by atoms with Crippen molar-refractivity contribution in [2.75, 3.05) is 6.54 Å². The molecule has 3 aliphatic carbocycles. The first kappa shape index (κ1) is 32.9. The third kappa shape index (κ3) is 6.29. The van der Waals surface area contributed by atoms with Crippen LogP contribution in [0.1, 0.15) is 102 Å². The quantitative estimate of drug-likeness (QED) is 0.307. The molecule has 250 valence electrons. The van der Waals surface area contributed by atoms with E-state index in [9.17, 15) is 22.4 Å². The normalized spacial score (nSPS) is 27.0. The highest BCUT2D eigenvalue weighted by molar-refractivity contribution is 7.91. The molecule has 3 N–H and O–H groups in total. The predicted molar refractivity (Wildman–Crippen MR) is 172 cm³/mol. The largest absolute Gasteiger partial charge is 0.490 e. The molecule has 0 unspecified atom stereocenters. The van der Waals surface area contributed by atoms with E-state index >= 15 is 4.39 Å². The van der Waals surface area contributed by atoms with Gasteiger partial charge in [0.1, 0.15) is 17.7 Å². The third-order valence-corrected chi connectivity index (χ3v) is 13.0. The van der Waals surface area contributed by atoms with E-state index in [-0.39, 0.29) is 36.5 Å². The number of sulfonamides is 1. The Balaban J connectivity index is 1.19. The van der Waals surface area contributed by atoms with Crippen molar-refractivity contribution in [3.63, 3.8) is 0 Å². The topological polar surface area (TPSA) is 114 Å². The fourth-order valence-corrected chi connectivity index (χ4v) is 8.80. The maximum absolute atomic E-state index is 15.8. The summed E-state index contributed by atoms with van der Waals surface area (Å²) in [7, 11) is -3.80. The van der Waals surface area contributed by atoms with Crippen LogP contribution in [0.25, 0.3) is 11.1 Å². The standard InChI is InChI=1S/C35H45F2N3O5S/c1-4-26-27(8-7-9-29(26)36)28-18-23(22(2)31(41)40-46(43,44)33(3)16-17-33)10-13-30(28)45-25-12-11-24(19-25)39-32(42)35(37)20-34(38-21-35)14-5-6-15-34/h7-10,13,18,22,24-25,38H,4-6,11-12,14-17,19-21H2,1-3H3,(H,39,42)(H,40,41)/t22-,24+,25+,35-/m0/s1. The van der Waals surface area contributed by atoms with E-state index in [2.05, 4.69) is 15.4 Å². The van der Waals surface area contributed by atoms with Crippen LogP contribution in [0.5, 0.6) is 5.75 Å². The Morgan fingerprint density at radius 2 is 1.83 bits per heavy atom. The average Bonchev–Trinajstić information content (AvgIpc) is 3.32. The Bertz CT molecular complexity index is 1620. The number of rotatable bonds is 10. The first-order chi connectivity index (χ1) is 21.8. The number of alkyl halides is 1. The molecule has 4 atom stereocenters. The van der Waals surface area contributed by atoms with Crippen molar-refractivity contribution in [1.29, 1.82) is 0 Å². The molecule has 4 fully saturated rings. The lowest BCUT2D eigenvalue weighted by Crippen LogP contribution is -2.48. The van der Waals surface area contributed by atoms with E-state index in [1.807, 2.05) is 13.0 Å². The first-order valence-electron chi connectivity index (χ1n) is 16.7. The zero-order valence-corrected chi connectivity index (χ0v) is 27.7. The second kappa shape index (κ2) is 12.2. The monoisotopic (exact) mass is 657 g/mol. The molecule has 1 aliphatic heterocycles. The van der Waals surface area contributed by atoms with Crippen LogP contribution < -0.4 is 20.1 Å². The van der Waals surface area contributed by atoms with Crippen molar-refractivity contribution in [1.82, 2.24) is 15.4 Å². The van der Waals surface area contributed by atoms with Crippen molar-refractivity contribution in [3.05, 3.63) is 53.3 Å². The van der Waals surface area contributed by atoms with E-state index in [0.717, 1.165) is 25.7 Å². The van der Waals surface area contributed by atoms with Crippen LogP contribution in [0.2, 0.25) is 0 Å². The molecule has 2 amide bonds. The second-order valence-electron chi connectivity index (χ2n) is 14.2. The van der Waals surface area contributed by atoms with E-state index < -0.39 is 38.2 Å². The minimum absolute atomic E-state index is 0.0380. The molecule has 4 aliphatic rings. The maximum Gasteiger partial charge on any atom is 0.259 e. The number of hydrogen-bond donors (Lipinski definition) is 3. The molecule has 6 rings (SSSR count). The number of hydrogen-bond acceptors (Lipinski definition) is 6. The number of nitrogens with one attached hydrogen (secondary N) is 3. The Labute approximate surface area is 270 Å². The van der Waals surface area contributed by atoms with Crippen LogP contribution in [0.3, 0.4) is 0 Å². The molecular weight excluding hydrogens is 612 g/mol. The number of carbonyl (C=O) groups excluding carboxylic acids is 2. The Hall–Kier alpha value is -3.05. The van der Waals surface area contributed by atoms with Gasteiger partial charge in [0.15, 0.2) is 0 Å². The minimum Gasteiger partial charge on any atom is -0.490 e. The highest BCUT2D eigenvalue weighted by Crippen LogP contribution is 2.44. The van der Waals surface area contributed by atoms with Crippen molar-refractivity contribution in [2.45, 2.75) is 125 Å². The summed E-state index contributed by atoms with van der Waals surface area (Å²) in [4.78, 5) is 26.2. The van der Waals surface area contributed by atoms with Gasteiger partial charge in [-0.25, -0.2) is 17.2 Å². The van der Waals surface area contributed by atoms with Gasteiger partial charge < -0.3 is 15.4 Å². The van der Waals surface area contributed by atoms with E-state index in [4.69, 9.17) is 4.74 Å². The first-order valence-corrected chi connectivity index (χ1v) is 18.1. The van der Waals surface area contributed by atoms with Gasteiger partial charge in [-0.15, -0.1) is 0 Å². The summed E-state index contributed by atoms with van der Waals surface area (Å²) in [6.45, 7) is 5.17. The zero-order chi connectivity index (χ0) is 32.9. The van der Waals surface area contributed by atoms with Gasteiger partial charge in [0.2, 0.25) is 21.6 Å². The van der Waals surface area contributed by atoms with Crippen LogP contribution in [0, 0.1) is 5.82 Å². The summed E-state index contributed by atoms with van der Waals surface area (Å²) < 4.78 is 64.0. The van der Waals surface area contributed by atoms with Crippen molar-refractivity contribution < 1.29 is 31.5 Å². The SMILES string of the molecule is CCc1c(F)cccc1-c1cc([C@H](C)C(=O)NS(=O)(=O)C2(C)CC2)ccc1O[C@@H]1CC[C@@H](NC(=O)[C@@]2(F)CNC3(CCCC3)C2)C1. The Morgan fingerprint density at radius 3 is 2.52 bits per heavy atom. The summed E-state index contributed by atoms with van der Waals surface area (Å²) in [6.07, 6.45) is 7.10. The van der Waals surface area contributed by atoms with Crippen LogP contribution in [-0.2, 0) is 26.0 Å². The van der Waals surface area contributed by atoms with Crippen LogP contribution in [-0.4, -0.2) is 54.9 Å². The fraction of sp³-hybridized carbons (Fsp3) is 0.600. The smallest absolute Gasteiger partial charge is 0.259 e. The minimum atomic E-state index is -3.80. The molecule has 11 heteroatoms. The van der Waals surface area contributed by atoms with E-state index in [0.29, 0.717) is 66.5 Å². The molecule has 1 saturated heterocycles. The molecule has 2 aromatic carbocycles. The molecule has 8 nitrogen and oxygen atoms in total. The highest BCUT2D eigenvalue weighted by atomic mass is 32.2. The zero-order valence-electron chi connectivity index (χ0n) is 26.9. The number of halogens is 2. The van der Waals surface area contributed by atoms with Crippen LogP contribution in [0.4, 0.5) is 8.78 Å². The second-order valence-corrected chi connectivity index (χ2v) is 16.4. The van der Waals surface area contributed by atoms with Gasteiger partial charge in [-0.2, -0.15) is 0 Å². The number of ether oxygens (including phenoxy) is 1. The molecular formula is C35H45F2N3O5S. The molecule has 0 aromatic heterocycles. The van der Waals surface area contributed by atoms with Gasteiger partial charge in [0.05, 0.1) is 10.7 Å².